The van der Waals surface area contributed by atoms with Crippen molar-refractivity contribution in [1.82, 2.24) is 0 Å². The Morgan fingerprint density at radius 3 is 2.33 bits per heavy atom. The third-order valence-corrected chi connectivity index (χ3v) is 1.81. The summed E-state index contributed by atoms with van der Waals surface area (Å²) in [6.07, 6.45) is 0.828. The summed E-state index contributed by atoms with van der Waals surface area (Å²) < 4.78 is 5.19. The zero-order valence-electron chi connectivity index (χ0n) is 8.19. The molecule has 1 atom stereocenters. The lowest BCUT2D eigenvalue weighted by atomic mass is 10.1. The summed E-state index contributed by atoms with van der Waals surface area (Å²) in [5.74, 6) is -0.120. The summed E-state index contributed by atoms with van der Waals surface area (Å²) in [7, 11) is 0. The van der Waals surface area contributed by atoms with Gasteiger partial charge < -0.3 is 4.74 Å². The second-order valence-electron chi connectivity index (χ2n) is 3.91. The van der Waals surface area contributed by atoms with Gasteiger partial charge in [0.15, 0.2) is 0 Å². The van der Waals surface area contributed by atoms with Crippen molar-refractivity contribution in [3.05, 3.63) is 0 Å². The molecule has 12 heavy (non-hydrogen) atoms. The maximum absolute atomic E-state index is 11.3. The van der Waals surface area contributed by atoms with Crippen LogP contribution >= 0.6 is 15.9 Å². The van der Waals surface area contributed by atoms with Crippen LogP contribution in [0.4, 0.5) is 0 Å². The molecule has 0 radical (unpaired) electrons. The first-order chi connectivity index (χ1) is 5.37. The van der Waals surface area contributed by atoms with E-state index in [-0.39, 0.29) is 17.5 Å². The van der Waals surface area contributed by atoms with Gasteiger partial charge in [-0.05, 0) is 27.2 Å². The number of alkyl halides is 1. The van der Waals surface area contributed by atoms with Crippen molar-refractivity contribution < 1.29 is 9.53 Å². The van der Waals surface area contributed by atoms with Crippen molar-refractivity contribution in [2.75, 3.05) is 5.33 Å². The molecule has 0 aromatic heterocycles. The lowest BCUT2D eigenvalue weighted by molar-refractivity contribution is -0.159. The molecule has 0 aromatic rings. The Hall–Kier alpha value is -0.0500. The second kappa shape index (κ2) is 4.85. The normalized spacial score (nSPS) is 14.1. The summed E-state index contributed by atoms with van der Waals surface area (Å²) in [5, 5.41) is 0.841. The Morgan fingerprint density at radius 1 is 1.50 bits per heavy atom. The molecule has 0 aliphatic carbocycles. The van der Waals surface area contributed by atoms with E-state index in [1.807, 2.05) is 27.7 Å². The zero-order chi connectivity index (χ0) is 9.78. The Bertz CT molecular complexity index is 149. The van der Waals surface area contributed by atoms with Crippen molar-refractivity contribution in [3.63, 3.8) is 0 Å². The number of hydrogen-bond acceptors (Lipinski definition) is 2. The van der Waals surface area contributed by atoms with Gasteiger partial charge in [-0.15, -0.1) is 0 Å². The summed E-state index contributed by atoms with van der Waals surface area (Å²) in [4.78, 5) is 11.3. The standard InChI is InChI=1S/C9H17BrO2/c1-7(5-6-10)8(11)12-9(2,3)4/h7H,5-6H2,1-4H3/t7-/m0/s1. The minimum atomic E-state index is -0.363. The van der Waals surface area contributed by atoms with Crippen molar-refractivity contribution in [2.45, 2.75) is 39.7 Å². The van der Waals surface area contributed by atoms with Gasteiger partial charge in [-0.25, -0.2) is 0 Å². The smallest absolute Gasteiger partial charge is 0.309 e. The molecule has 0 unspecified atom stereocenters. The molecular formula is C9H17BrO2. The molecule has 0 N–H and O–H groups in total. The van der Waals surface area contributed by atoms with Crippen LogP contribution in [0.3, 0.4) is 0 Å². The van der Waals surface area contributed by atoms with E-state index in [0.29, 0.717) is 0 Å². The summed E-state index contributed by atoms with van der Waals surface area (Å²) in [5.41, 5.74) is -0.363. The van der Waals surface area contributed by atoms with Crippen LogP contribution < -0.4 is 0 Å². The summed E-state index contributed by atoms with van der Waals surface area (Å²) >= 11 is 3.29. The van der Waals surface area contributed by atoms with Crippen LogP contribution in [0, 0.1) is 5.92 Å². The van der Waals surface area contributed by atoms with Gasteiger partial charge in [-0.1, -0.05) is 22.9 Å². The molecule has 0 rings (SSSR count). The Morgan fingerprint density at radius 2 is 2.00 bits per heavy atom. The van der Waals surface area contributed by atoms with Crippen LogP contribution in [0.5, 0.6) is 0 Å². The highest BCUT2D eigenvalue weighted by atomic mass is 79.9. The molecule has 3 heteroatoms. The van der Waals surface area contributed by atoms with Crippen LogP contribution in [0.2, 0.25) is 0 Å². The molecule has 0 heterocycles. The highest BCUT2D eigenvalue weighted by molar-refractivity contribution is 9.09. The summed E-state index contributed by atoms with van der Waals surface area (Å²) in [6.45, 7) is 7.53. The zero-order valence-corrected chi connectivity index (χ0v) is 9.77. The van der Waals surface area contributed by atoms with E-state index in [4.69, 9.17) is 4.74 Å². The Balaban J connectivity index is 3.87. The fraction of sp³-hybridized carbons (Fsp3) is 0.889. The van der Waals surface area contributed by atoms with Gasteiger partial charge in [0.25, 0.3) is 0 Å². The van der Waals surface area contributed by atoms with Crippen LogP contribution in [-0.2, 0) is 9.53 Å². The third kappa shape index (κ3) is 5.58. The van der Waals surface area contributed by atoms with E-state index in [1.54, 1.807) is 0 Å². The molecule has 72 valence electrons. The Labute approximate surface area is 82.8 Å². The van der Waals surface area contributed by atoms with E-state index in [9.17, 15) is 4.79 Å². The monoisotopic (exact) mass is 236 g/mol. The average Bonchev–Trinajstić information content (AvgIpc) is 1.84. The minimum Gasteiger partial charge on any atom is -0.460 e. The van der Waals surface area contributed by atoms with Gasteiger partial charge in [0.1, 0.15) is 5.60 Å². The molecule has 0 saturated carbocycles. The van der Waals surface area contributed by atoms with E-state index in [1.165, 1.54) is 0 Å². The van der Waals surface area contributed by atoms with Gasteiger partial charge in [0.05, 0.1) is 5.92 Å². The highest BCUT2D eigenvalue weighted by Crippen LogP contribution is 2.13. The number of hydrogen-bond donors (Lipinski definition) is 0. The molecule has 2 nitrogen and oxygen atoms in total. The van der Waals surface area contributed by atoms with Gasteiger partial charge in [0, 0.05) is 5.33 Å². The molecule has 0 amide bonds. The molecular weight excluding hydrogens is 220 g/mol. The average molecular weight is 237 g/mol. The van der Waals surface area contributed by atoms with Crippen molar-refractivity contribution >= 4 is 21.9 Å². The maximum atomic E-state index is 11.3. The molecule has 0 aromatic carbocycles. The van der Waals surface area contributed by atoms with Gasteiger partial charge >= 0.3 is 5.97 Å². The summed E-state index contributed by atoms with van der Waals surface area (Å²) in [6, 6.07) is 0. The van der Waals surface area contributed by atoms with E-state index >= 15 is 0 Å². The number of ether oxygens (including phenoxy) is 1. The van der Waals surface area contributed by atoms with Gasteiger partial charge in [-0.3, -0.25) is 4.79 Å². The predicted molar refractivity (Wildman–Crippen MR) is 53.4 cm³/mol. The first kappa shape index (κ1) is 11.9. The van der Waals surface area contributed by atoms with Crippen LogP contribution in [0.15, 0.2) is 0 Å². The maximum Gasteiger partial charge on any atom is 0.309 e. The van der Waals surface area contributed by atoms with Gasteiger partial charge in [0.2, 0.25) is 0 Å². The fourth-order valence-electron chi connectivity index (χ4n) is 0.684. The molecule has 0 aliphatic rings. The largest absolute Gasteiger partial charge is 0.460 e. The lowest BCUT2D eigenvalue weighted by Crippen LogP contribution is -2.27. The van der Waals surface area contributed by atoms with Crippen molar-refractivity contribution in [3.8, 4) is 0 Å². The first-order valence-electron chi connectivity index (χ1n) is 4.15. The van der Waals surface area contributed by atoms with Crippen LogP contribution in [-0.4, -0.2) is 16.9 Å². The number of rotatable bonds is 3. The van der Waals surface area contributed by atoms with E-state index in [0.717, 1.165) is 11.8 Å². The van der Waals surface area contributed by atoms with Crippen molar-refractivity contribution in [2.24, 2.45) is 5.92 Å². The molecule has 0 spiro atoms. The number of esters is 1. The van der Waals surface area contributed by atoms with Crippen LogP contribution in [0.25, 0.3) is 0 Å². The molecule has 0 fully saturated rings. The molecule has 0 saturated heterocycles. The van der Waals surface area contributed by atoms with E-state index in [2.05, 4.69) is 15.9 Å². The van der Waals surface area contributed by atoms with Gasteiger partial charge in [-0.2, -0.15) is 0 Å². The Kier molecular flexibility index (Phi) is 4.83. The van der Waals surface area contributed by atoms with Crippen molar-refractivity contribution in [1.29, 1.82) is 0 Å². The topological polar surface area (TPSA) is 26.3 Å². The molecule has 0 aliphatic heterocycles. The highest BCUT2D eigenvalue weighted by Gasteiger charge is 2.20. The number of halogens is 1. The quantitative estimate of drug-likeness (QED) is 0.557. The van der Waals surface area contributed by atoms with Crippen LogP contribution in [0.1, 0.15) is 34.1 Å². The predicted octanol–water partition coefficient (Wildman–Crippen LogP) is 2.75. The number of carbonyl (C=O) groups excluding carboxylic acids is 1. The number of carbonyl (C=O) groups is 1. The fourth-order valence-corrected chi connectivity index (χ4v) is 1.37. The SMILES string of the molecule is C[C@@H](CCBr)C(=O)OC(C)(C)C. The lowest BCUT2D eigenvalue weighted by Gasteiger charge is -2.21. The molecule has 0 bridgehead atoms. The first-order valence-corrected chi connectivity index (χ1v) is 5.28. The van der Waals surface area contributed by atoms with E-state index < -0.39 is 0 Å². The second-order valence-corrected chi connectivity index (χ2v) is 4.71. The minimum absolute atomic E-state index is 0.0106. The third-order valence-electron chi connectivity index (χ3n) is 1.35.